The second-order valence-corrected chi connectivity index (χ2v) is 3.12. The predicted octanol–water partition coefficient (Wildman–Crippen LogP) is 2.64. The van der Waals surface area contributed by atoms with E-state index in [0.29, 0.717) is 0 Å². The third-order valence-electron chi connectivity index (χ3n) is 1.53. The van der Waals surface area contributed by atoms with Crippen molar-refractivity contribution < 1.29 is 4.84 Å². The van der Waals surface area contributed by atoms with E-state index in [9.17, 15) is 0 Å². The summed E-state index contributed by atoms with van der Waals surface area (Å²) in [4.78, 5) is 5.13. The molecule has 0 aliphatic heterocycles. The SMILES string of the molecule is C/C(=N/OC(C)C)c1c[c]ccc1. The van der Waals surface area contributed by atoms with Crippen LogP contribution in [0.4, 0.5) is 0 Å². The van der Waals surface area contributed by atoms with E-state index in [1.54, 1.807) is 0 Å². The van der Waals surface area contributed by atoms with Crippen molar-refractivity contribution >= 4 is 5.71 Å². The van der Waals surface area contributed by atoms with Gasteiger partial charge >= 0.3 is 0 Å². The van der Waals surface area contributed by atoms with Crippen LogP contribution in [0.3, 0.4) is 0 Å². The minimum Gasteiger partial charge on any atom is -0.393 e. The molecule has 0 spiro atoms. The topological polar surface area (TPSA) is 21.6 Å². The van der Waals surface area contributed by atoms with E-state index < -0.39 is 0 Å². The molecule has 2 nitrogen and oxygen atoms in total. The second-order valence-electron chi connectivity index (χ2n) is 3.12. The molecule has 0 saturated carbocycles. The summed E-state index contributed by atoms with van der Waals surface area (Å²) in [5, 5.41) is 3.99. The van der Waals surface area contributed by atoms with Crippen molar-refractivity contribution in [2.24, 2.45) is 5.16 Å². The van der Waals surface area contributed by atoms with Gasteiger partial charge in [0, 0.05) is 0 Å². The number of rotatable bonds is 3. The van der Waals surface area contributed by atoms with Crippen LogP contribution < -0.4 is 0 Å². The molecule has 69 valence electrons. The van der Waals surface area contributed by atoms with Crippen LogP contribution in [0.2, 0.25) is 0 Å². The average molecular weight is 176 g/mol. The zero-order valence-electron chi connectivity index (χ0n) is 8.24. The maximum absolute atomic E-state index is 5.13. The van der Waals surface area contributed by atoms with Crippen LogP contribution in [-0.2, 0) is 4.84 Å². The van der Waals surface area contributed by atoms with Crippen molar-refractivity contribution in [3.8, 4) is 0 Å². The second kappa shape index (κ2) is 4.65. The zero-order chi connectivity index (χ0) is 9.68. The van der Waals surface area contributed by atoms with E-state index >= 15 is 0 Å². The van der Waals surface area contributed by atoms with Crippen molar-refractivity contribution in [1.29, 1.82) is 0 Å². The molecule has 0 amide bonds. The summed E-state index contributed by atoms with van der Waals surface area (Å²) in [6.45, 7) is 5.83. The molecule has 13 heavy (non-hydrogen) atoms. The predicted molar refractivity (Wildman–Crippen MR) is 53.7 cm³/mol. The molecule has 1 aromatic carbocycles. The van der Waals surface area contributed by atoms with Gasteiger partial charge < -0.3 is 4.84 Å². The minimum absolute atomic E-state index is 0.127. The highest BCUT2D eigenvalue weighted by atomic mass is 16.6. The molecule has 0 aliphatic rings. The third-order valence-corrected chi connectivity index (χ3v) is 1.53. The first kappa shape index (κ1) is 9.78. The minimum atomic E-state index is 0.127. The lowest BCUT2D eigenvalue weighted by Crippen LogP contribution is -2.01. The summed E-state index contributed by atoms with van der Waals surface area (Å²) in [6.07, 6.45) is 0.127. The number of benzene rings is 1. The fourth-order valence-electron chi connectivity index (χ4n) is 0.856. The molecule has 0 N–H and O–H groups in total. The summed E-state index contributed by atoms with van der Waals surface area (Å²) < 4.78 is 0. The number of nitrogens with zero attached hydrogens (tertiary/aromatic N) is 1. The Balaban J connectivity index is 2.68. The Labute approximate surface area is 79.2 Å². The van der Waals surface area contributed by atoms with Gasteiger partial charge in [0.1, 0.15) is 6.10 Å². The highest BCUT2D eigenvalue weighted by Gasteiger charge is 1.96. The summed E-state index contributed by atoms with van der Waals surface area (Å²) in [6, 6.07) is 10.7. The summed E-state index contributed by atoms with van der Waals surface area (Å²) >= 11 is 0. The standard InChI is InChI=1S/C11H14NO/c1-9(2)13-12-10(3)11-7-5-4-6-8-11/h4-5,7-9H,1-3H3/b12-10-. The molecule has 2 heteroatoms. The summed E-state index contributed by atoms with van der Waals surface area (Å²) in [7, 11) is 0. The zero-order valence-corrected chi connectivity index (χ0v) is 8.24. The Morgan fingerprint density at radius 1 is 1.54 bits per heavy atom. The van der Waals surface area contributed by atoms with Gasteiger partial charge in [-0.05, 0) is 38.5 Å². The van der Waals surface area contributed by atoms with Crippen molar-refractivity contribution in [2.75, 3.05) is 0 Å². The van der Waals surface area contributed by atoms with Crippen LogP contribution in [0.15, 0.2) is 29.4 Å². The Morgan fingerprint density at radius 2 is 2.31 bits per heavy atom. The van der Waals surface area contributed by atoms with E-state index in [-0.39, 0.29) is 6.10 Å². The van der Waals surface area contributed by atoms with Gasteiger partial charge in [0.15, 0.2) is 0 Å². The maximum atomic E-state index is 5.13. The largest absolute Gasteiger partial charge is 0.393 e. The van der Waals surface area contributed by atoms with Crippen molar-refractivity contribution in [3.63, 3.8) is 0 Å². The monoisotopic (exact) mass is 176 g/mol. The number of hydrogen-bond acceptors (Lipinski definition) is 2. The quantitative estimate of drug-likeness (QED) is 0.512. The molecule has 1 rings (SSSR count). The highest BCUT2D eigenvalue weighted by Crippen LogP contribution is 2.01. The van der Waals surface area contributed by atoms with Gasteiger partial charge in [-0.3, -0.25) is 0 Å². The molecule has 0 aliphatic carbocycles. The summed E-state index contributed by atoms with van der Waals surface area (Å²) in [5.74, 6) is 0. The van der Waals surface area contributed by atoms with Crippen LogP contribution in [0.25, 0.3) is 0 Å². The Kier molecular flexibility index (Phi) is 3.50. The van der Waals surface area contributed by atoms with E-state index in [1.807, 2.05) is 45.0 Å². The van der Waals surface area contributed by atoms with Gasteiger partial charge in [-0.15, -0.1) is 0 Å². The van der Waals surface area contributed by atoms with E-state index in [4.69, 9.17) is 4.84 Å². The van der Waals surface area contributed by atoms with Gasteiger partial charge in [-0.2, -0.15) is 0 Å². The first-order valence-electron chi connectivity index (χ1n) is 4.37. The van der Waals surface area contributed by atoms with Crippen LogP contribution in [0.5, 0.6) is 0 Å². The van der Waals surface area contributed by atoms with E-state index in [1.165, 1.54) is 0 Å². The lowest BCUT2D eigenvalue weighted by atomic mass is 10.1. The first-order chi connectivity index (χ1) is 6.20. The van der Waals surface area contributed by atoms with Gasteiger partial charge in [0.25, 0.3) is 0 Å². The molecule has 0 fully saturated rings. The van der Waals surface area contributed by atoms with Crippen molar-refractivity contribution in [1.82, 2.24) is 0 Å². The van der Waals surface area contributed by atoms with Crippen LogP contribution in [0.1, 0.15) is 26.3 Å². The molecule has 0 unspecified atom stereocenters. The molecule has 0 aromatic heterocycles. The van der Waals surface area contributed by atoms with Gasteiger partial charge in [-0.25, -0.2) is 0 Å². The smallest absolute Gasteiger partial charge is 0.122 e. The molecule has 1 radical (unpaired) electrons. The molecule has 0 heterocycles. The van der Waals surface area contributed by atoms with E-state index in [2.05, 4.69) is 11.2 Å². The van der Waals surface area contributed by atoms with E-state index in [0.717, 1.165) is 11.3 Å². The third kappa shape index (κ3) is 3.28. The van der Waals surface area contributed by atoms with Gasteiger partial charge in [0.05, 0.1) is 5.71 Å². The Bertz CT molecular complexity index is 277. The normalized spacial score (nSPS) is 11.8. The average Bonchev–Trinajstić information content (AvgIpc) is 2.15. The van der Waals surface area contributed by atoms with Gasteiger partial charge in [0.2, 0.25) is 0 Å². The van der Waals surface area contributed by atoms with Crippen LogP contribution in [-0.4, -0.2) is 11.8 Å². The molecule has 0 bridgehead atoms. The summed E-state index contributed by atoms with van der Waals surface area (Å²) in [5.41, 5.74) is 1.92. The van der Waals surface area contributed by atoms with Crippen molar-refractivity contribution in [2.45, 2.75) is 26.9 Å². The molecule has 0 atom stereocenters. The number of oxime groups is 1. The Morgan fingerprint density at radius 3 is 2.85 bits per heavy atom. The highest BCUT2D eigenvalue weighted by molar-refractivity contribution is 5.98. The Hall–Kier alpha value is -1.31. The maximum Gasteiger partial charge on any atom is 0.122 e. The van der Waals surface area contributed by atoms with Crippen molar-refractivity contribution in [3.05, 3.63) is 35.9 Å². The lowest BCUT2D eigenvalue weighted by molar-refractivity contribution is 0.0860. The fourth-order valence-corrected chi connectivity index (χ4v) is 0.856. The fraction of sp³-hybridized carbons (Fsp3) is 0.364. The van der Waals surface area contributed by atoms with Gasteiger partial charge in [-0.1, -0.05) is 23.4 Å². The van der Waals surface area contributed by atoms with Crippen LogP contribution >= 0.6 is 0 Å². The molecular weight excluding hydrogens is 162 g/mol. The van der Waals surface area contributed by atoms with Crippen LogP contribution in [0, 0.1) is 6.07 Å². The first-order valence-corrected chi connectivity index (χ1v) is 4.37. The molecular formula is C11H14NO. The lowest BCUT2D eigenvalue weighted by Gasteiger charge is -2.04. The molecule has 1 aromatic rings. The number of hydrogen-bond donors (Lipinski definition) is 0. The molecule has 0 saturated heterocycles.